The fraction of sp³-hybridized carbons (Fsp3) is 0.917. The Bertz CT molecular complexity index is 262. The largest absolute Gasteiger partial charge is 0.354 e. The third-order valence-electron chi connectivity index (χ3n) is 4.13. The van der Waals surface area contributed by atoms with Gasteiger partial charge in [0.25, 0.3) is 0 Å². The highest BCUT2D eigenvalue weighted by molar-refractivity contribution is 5.77. The number of hydrogen-bond acceptors (Lipinski definition) is 2. The van der Waals surface area contributed by atoms with Crippen LogP contribution in [0.25, 0.3) is 0 Å². The van der Waals surface area contributed by atoms with Gasteiger partial charge < -0.3 is 5.32 Å². The molecule has 0 aromatic carbocycles. The van der Waals surface area contributed by atoms with Crippen molar-refractivity contribution in [1.82, 2.24) is 10.2 Å². The molecule has 0 aromatic heterocycles. The Morgan fingerprint density at radius 2 is 2.00 bits per heavy atom. The maximum atomic E-state index is 11.5. The van der Waals surface area contributed by atoms with Crippen molar-refractivity contribution in [3.05, 3.63) is 0 Å². The van der Waals surface area contributed by atoms with Crippen molar-refractivity contribution in [2.75, 3.05) is 13.1 Å². The molecule has 0 unspecified atom stereocenters. The molecule has 15 heavy (non-hydrogen) atoms. The second-order valence-electron chi connectivity index (χ2n) is 5.39. The van der Waals surface area contributed by atoms with E-state index in [1.807, 2.05) is 0 Å². The van der Waals surface area contributed by atoms with Gasteiger partial charge >= 0.3 is 0 Å². The molecule has 3 fully saturated rings. The van der Waals surface area contributed by atoms with Crippen molar-refractivity contribution >= 4 is 5.91 Å². The van der Waals surface area contributed by atoms with Crippen LogP contribution >= 0.6 is 0 Å². The Hall–Kier alpha value is -0.570. The number of piperidine rings is 1. The Morgan fingerprint density at radius 3 is 2.80 bits per heavy atom. The van der Waals surface area contributed by atoms with Crippen molar-refractivity contribution in [3.8, 4) is 0 Å². The van der Waals surface area contributed by atoms with Crippen molar-refractivity contribution in [2.45, 2.75) is 50.6 Å². The molecule has 2 bridgehead atoms. The summed E-state index contributed by atoms with van der Waals surface area (Å²) >= 11 is 0. The van der Waals surface area contributed by atoms with E-state index >= 15 is 0 Å². The van der Waals surface area contributed by atoms with Crippen molar-refractivity contribution < 1.29 is 4.79 Å². The van der Waals surface area contributed by atoms with Crippen LogP contribution in [-0.2, 0) is 4.79 Å². The zero-order chi connectivity index (χ0) is 10.3. The lowest BCUT2D eigenvalue weighted by atomic mass is 9.94. The van der Waals surface area contributed by atoms with E-state index in [-0.39, 0.29) is 5.91 Å². The van der Waals surface area contributed by atoms with Crippen LogP contribution in [0.15, 0.2) is 0 Å². The highest BCUT2D eigenvalue weighted by Crippen LogP contribution is 2.35. The molecule has 3 heteroatoms. The summed E-state index contributed by atoms with van der Waals surface area (Å²) in [4.78, 5) is 14.2. The summed E-state index contributed by atoms with van der Waals surface area (Å²) in [6.07, 6.45) is 7.39. The van der Waals surface area contributed by atoms with Gasteiger partial charge in [0.05, 0.1) is 0 Å². The lowest BCUT2D eigenvalue weighted by Gasteiger charge is -2.40. The average molecular weight is 208 g/mol. The molecular weight excluding hydrogens is 188 g/mol. The van der Waals surface area contributed by atoms with Gasteiger partial charge in [-0.2, -0.15) is 0 Å². The van der Waals surface area contributed by atoms with E-state index in [0.717, 1.165) is 18.9 Å². The van der Waals surface area contributed by atoms with E-state index in [9.17, 15) is 4.79 Å². The molecule has 1 aliphatic carbocycles. The molecule has 2 saturated heterocycles. The quantitative estimate of drug-likeness (QED) is 0.738. The molecule has 2 heterocycles. The summed E-state index contributed by atoms with van der Waals surface area (Å²) in [5, 5.41) is 3.06. The molecule has 1 N–H and O–H groups in total. The van der Waals surface area contributed by atoms with Gasteiger partial charge in [-0.05, 0) is 31.6 Å². The Morgan fingerprint density at radius 1 is 1.20 bits per heavy atom. The van der Waals surface area contributed by atoms with E-state index in [4.69, 9.17) is 0 Å². The van der Waals surface area contributed by atoms with Crippen LogP contribution in [0.5, 0.6) is 0 Å². The zero-order valence-corrected chi connectivity index (χ0v) is 9.24. The SMILES string of the molecule is O=C1C[C@@H]2CCC[C@H](CN1)N2CC1CC1. The Kier molecular flexibility index (Phi) is 2.43. The van der Waals surface area contributed by atoms with E-state index in [1.165, 1.54) is 38.6 Å². The van der Waals surface area contributed by atoms with E-state index in [1.54, 1.807) is 0 Å². The smallest absolute Gasteiger partial charge is 0.221 e. The van der Waals surface area contributed by atoms with Crippen LogP contribution in [0.1, 0.15) is 38.5 Å². The van der Waals surface area contributed by atoms with E-state index in [2.05, 4.69) is 10.2 Å². The molecule has 2 aliphatic heterocycles. The monoisotopic (exact) mass is 208 g/mol. The first-order valence-corrected chi connectivity index (χ1v) is 6.35. The average Bonchev–Trinajstić information content (AvgIpc) is 3.02. The van der Waals surface area contributed by atoms with Gasteiger partial charge in [0.2, 0.25) is 5.91 Å². The summed E-state index contributed by atoms with van der Waals surface area (Å²) in [6, 6.07) is 1.18. The second kappa shape index (κ2) is 3.78. The number of hydrogen-bond donors (Lipinski definition) is 1. The molecule has 1 saturated carbocycles. The third kappa shape index (κ3) is 2.03. The minimum atomic E-state index is 0.269. The molecule has 3 rings (SSSR count). The highest BCUT2D eigenvalue weighted by Gasteiger charge is 2.37. The predicted octanol–water partition coefficient (Wildman–Crippen LogP) is 1.14. The number of rotatable bonds is 2. The standard InChI is InChI=1S/C12H20N2O/c15-12-6-10-2-1-3-11(7-13-12)14(10)8-9-4-5-9/h9-11H,1-8H2,(H,13,15)/t10-,11+/m0/s1. The molecule has 2 atom stereocenters. The number of carbonyl (C=O) groups is 1. The fourth-order valence-corrected chi connectivity index (χ4v) is 3.07. The molecular formula is C12H20N2O. The van der Waals surface area contributed by atoms with Crippen LogP contribution in [-0.4, -0.2) is 36.0 Å². The number of nitrogens with one attached hydrogen (secondary N) is 1. The third-order valence-corrected chi connectivity index (χ3v) is 4.13. The summed E-state index contributed by atoms with van der Waals surface area (Å²) in [5.41, 5.74) is 0. The van der Waals surface area contributed by atoms with Crippen LogP contribution in [0.3, 0.4) is 0 Å². The number of amides is 1. The Labute approximate surface area is 91.2 Å². The Balaban J connectivity index is 1.74. The predicted molar refractivity (Wildman–Crippen MR) is 58.5 cm³/mol. The van der Waals surface area contributed by atoms with E-state index in [0.29, 0.717) is 12.1 Å². The van der Waals surface area contributed by atoms with Crippen molar-refractivity contribution in [3.63, 3.8) is 0 Å². The van der Waals surface area contributed by atoms with Crippen molar-refractivity contribution in [1.29, 1.82) is 0 Å². The summed E-state index contributed by atoms with van der Waals surface area (Å²) in [5.74, 6) is 1.21. The fourth-order valence-electron chi connectivity index (χ4n) is 3.07. The van der Waals surface area contributed by atoms with E-state index < -0.39 is 0 Å². The number of carbonyl (C=O) groups excluding carboxylic acids is 1. The normalized spacial score (nSPS) is 37.2. The number of nitrogens with zero attached hydrogens (tertiary/aromatic N) is 1. The van der Waals surface area contributed by atoms with Gasteiger partial charge in [-0.1, -0.05) is 6.42 Å². The molecule has 1 amide bonds. The second-order valence-corrected chi connectivity index (χ2v) is 5.39. The molecule has 0 radical (unpaired) electrons. The zero-order valence-electron chi connectivity index (χ0n) is 9.24. The topological polar surface area (TPSA) is 32.3 Å². The molecule has 0 aromatic rings. The van der Waals surface area contributed by atoms with Gasteiger partial charge in [-0.15, -0.1) is 0 Å². The number of fused-ring (bicyclic) bond motifs is 2. The van der Waals surface area contributed by atoms with Gasteiger partial charge in [0.15, 0.2) is 0 Å². The minimum Gasteiger partial charge on any atom is -0.354 e. The summed E-state index contributed by atoms with van der Waals surface area (Å²) < 4.78 is 0. The molecule has 3 nitrogen and oxygen atoms in total. The van der Waals surface area contributed by atoms with Gasteiger partial charge in [0.1, 0.15) is 0 Å². The minimum absolute atomic E-state index is 0.269. The lowest BCUT2D eigenvalue weighted by molar-refractivity contribution is -0.121. The van der Waals surface area contributed by atoms with Gasteiger partial charge in [-0.25, -0.2) is 0 Å². The first kappa shape index (κ1) is 9.64. The highest BCUT2D eigenvalue weighted by atomic mass is 16.1. The van der Waals surface area contributed by atoms with Crippen LogP contribution < -0.4 is 5.32 Å². The van der Waals surface area contributed by atoms with Crippen molar-refractivity contribution in [2.24, 2.45) is 5.92 Å². The molecule has 84 valence electrons. The summed E-state index contributed by atoms with van der Waals surface area (Å²) in [6.45, 7) is 2.15. The van der Waals surface area contributed by atoms with Crippen LogP contribution in [0, 0.1) is 5.92 Å². The first-order chi connectivity index (χ1) is 7.33. The lowest BCUT2D eigenvalue weighted by Crippen LogP contribution is -2.48. The van der Waals surface area contributed by atoms with Gasteiger partial charge in [0, 0.05) is 31.6 Å². The van der Waals surface area contributed by atoms with Crippen LogP contribution in [0.2, 0.25) is 0 Å². The maximum absolute atomic E-state index is 11.5. The van der Waals surface area contributed by atoms with Gasteiger partial charge in [-0.3, -0.25) is 9.69 Å². The maximum Gasteiger partial charge on any atom is 0.221 e. The molecule has 0 spiro atoms. The molecule has 3 aliphatic rings. The van der Waals surface area contributed by atoms with Crippen LogP contribution in [0.4, 0.5) is 0 Å². The first-order valence-electron chi connectivity index (χ1n) is 6.35. The summed E-state index contributed by atoms with van der Waals surface area (Å²) in [7, 11) is 0.